The molecule has 0 spiro atoms. The Morgan fingerprint density at radius 1 is 1.83 bits per heavy atom. The van der Waals surface area contributed by atoms with E-state index in [0.29, 0.717) is 0 Å². The molecule has 0 aromatic heterocycles. The van der Waals surface area contributed by atoms with Gasteiger partial charge in [0.05, 0.1) is 6.67 Å². The lowest BCUT2D eigenvalue weighted by atomic mass is 10.2. The standard InChI is InChI=1S/C5H8F/c1-3-5(2)4-6/h3,5H,1-2,4H2. The minimum atomic E-state index is -0.399. The third-order valence-electron chi connectivity index (χ3n) is 0.532. The summed E-state index contributed by atoms with van der Waals surface area (Å²) in [5.74, 6) is -0.218. The van der Waals surface area contributed by atoms with Crippen molar-refractivity contribution in [3.05, 3.63) is 19.6 Å². The number of rotatable bonds is 2. The third-order valence-corrected chi connectivity index (χ3v) is 0.532. The molecular weight excluding hydrogens is 79.1 g/mol. The van der Waals surface area contributed by atoms with E-state index >= 15 is 0 Å². The van der Waals surface area contributed by atoms with Gasteiger partial charge in [-0.1, -0.05) is 6.08 Å². The van der Waals surface area contributed by atoms with Crippen molar-refractivity contribution in [2.75, 3.05) is 6.67 Å². The first-order valence-electron chi connectivity index (χ1n) is 1.83. The molecule has 0 aromatic rings. The Morgan fingerprint density at radius 2 is 2.33 bits per heavy atom. The fraction of sp³-hybridized carbons (Fsp3) is 0.400. The van der Waals surface area contributed by atoms with Crippen molar-refractivity contribution in [1.82, 2.24) is 0 Å². The van der Waals surface area contributed by atoms with Gasteiger partial charge < -0.3 is 0 Å². The molecule has 0 bridgehead atoms. The van der Waals surface area contributed by atoms with Crippen LogP contribution in [-0.2, 0) is 0 Å². The van der Waals surface area contributed by atoms with E-state index in [9.17, 15) is 4.39 Å². The lowest BCUT2D eigenvalue weighted by molar-refractivity contribution is 0.451. The quantitative estimate of drug-likeness (QED) is 0.449. The SMILES string of the molecule is [CH2]C(C=C)CF. The maximum atomic E-state index is 11.3. The molecule has 0 aliphatic rings. The van der Waals surface area contributed by atoms with Gasteiger partial charge in [-0.25, -0.2) is 0 Å². The Kier molecular flexibility index (Phi) is 2.73. The van der Waals surface area contributed by atoms with Gasteiger partial charge in [-0.3, -0.25) is 4.39 Å². The summed E-state index contributed by atoms with van der Waals surface area (Å²) in [7, 11) is 0. The summed E-state index contributed by atoms with van der Waals surface area (Å²) in [5.41, 5.74) is 0. The first-order chi connectivity index (χ1) is 2.81. The van der Waals surface area contributed by atoms with Crippen LogP contribution < -0.4 is 0 Å². The van der Waals surface area contributed by atoms with Gasteiger partial charge in [-0.2, -0.15) is 0 Å². The molecule has 1 radical (unpaired) electrons. The zero-order valence-corrected chi connectivity index (χ0v) is 3.65. The summed E-state index contributed by atoms with van der Waals surface area (Å²) in [4.78, 5) is 0. The molecule has 35 valence electrons. The lowest BCUT2D eigenvalue weighted by Gasteiger charge is -1.90. The van der Waals surface area contributed by atoms with Crippen LogP contribution >= 0.6 is 0 Å². The predicted molar refractivity (Wildman–Crippen MR) is 25.0 cm³/mol. The van der Waals surface area contributed by atoms with Crippen molar-refractivity contribution in [2.24, 2.45) is 5.92 Å². The van der Waals surface area contributed by atoms with E-state index in [2.05, 4.69) is 13.5 Å². The van der Waals surface area contributed by atoms with Gasteiger partial charge in [0.1, 0.15) is 0 Å². The van der Waals surface area contributed by atoms with Crippen LogP contribution in [0.2, 0.25) is 0 Å². The van der Waals surface area contributed by atoms with Crippen molar-refractivity contribution in [1.29, 1.82) is 0 Å². The Labute approximate surface area is 37.7 Å². The molecule has 1 unspecified atom stereocenters. The second kappa shape index (κ2) is 2.88. The molecule has 0 saturated carbocycles. The van der Waals surface area contributed by atoms with Crippen molar-refractivity contribution in [3.8, 4) is 0 Å². The van der Waals surface area contributed by atoms with Crippen LogP contribution in [0.15, 0.2) is 12.7 Å². The summed E-state index contributed by atoms with van der Waals surface area (Å²) >= 11 is 0. The zero-order valence-electron chi connectivity index (χ0n) is 3.65. The summed E-state index contributed by atoms with van der Waals surface area (Å²) < 4.78 is 11.3. The van der Waals surface area contributed by atoms with E-state index in [4.69, 9.17) is 0 Å². The molecule has 0 aromatic carbocycles. The predicted octanol–water partition coefficient (Wildman–Crippen LogP) is 1.59. The van der Waals surface area contributed by atoms with Crippen LogP contribution in [0.25, 0.3) is 0 Å². The van der Waals surface area contributed by atoms with Crippen molar-refractivity contribution in [3.63, 3.8) is 0 Å². The van der Waals surface area contributed by atoms with E-state index in [1.54, 1.807) is 0 Å². The molecule has 0 aliphatic heterocycles. The summed E-state index contributed by atoms with van der Waals surface area (Å²) in [6.07, 6.45) is 1.49. The average Bonchev–Trinajstić information content (AvgIpc) is 1.65. The van der Waals surface area contributed by atoms with Gasteiger partial charge in [0.25, 0.3) is 0 Å². The van der Waals surface area contributed by atoms with Gasteiger partial charge in [-0.05, 0) is 6.92 Å². The van der Waals surface area contributed by atoms with Crippen LogP contribution in [-0.4, -0.2) is 6.67 Å². The highest BCUT2D eigenvalue weighted by Crippen LogP contribution is 1.92. The minimum absolute atomic E-state index is 0.218. The highest BCUT2D eigenvalue weighted by atomic mass is 19.1. The molecule has 0 amide bonds. The monoisotopic (exact) mass is 87.1 g/mol. The maximum absolute atomic E-state index is 11.3. The highest BCUT2D eigenvalue weighted by molar-refractivity contribution is 4.79. The van der Waals surface area contributed by atoms with E-state index < -0.39 is 6.67 Å². The number of halogens is 1. The van der Waals surface area contributed by atoms with Crippen LogP contribution in [0.5, 0.6) is 0 Å². The number of hydrogen-bond donors (Lipinski definition) is 0. The minimum Gasteiger partial charge on any atom is -0.250 e. The van der Waals surface area contributed by atoms with Crippen molar-refractivity contribution < 1.29 is 4.39 Å². The number of alkyl halides is 1. The van der Waals surface area contributed by atoms with Gasteiger partial charge >= 0.3 is 0 Å². The van der Waals surface area contributed by atoms with Crippen LogP contribution in [0.1, 0.15) is 0 Å². The Hall–Kier alpha value is -0.330. The molecule has 1 atom stereocenters. The smallest absolute Gasteiger partial charge is 0.0956 e. The number of allylic oxidation sites excluding steroid dienone is 1. The Balaban J connectivity index is 2.96. The Morgan fingerprint density at radius 3 is 2.33 bits per heavy atom. The maximum Gasteiger partial charge on any atom is 0.0956 e. The van der Waals surface area contributed by atoms with Gasteiger partial charge in [0.15, 0.2) is 0 Å². The molecule has 0 saturated heterocycles. The Bertz CT molecular complexity index is 41.2. The number of hydrogen-bond acceptors (Lipinski definition) is 0. The second-order valence-corrected chi connectivity index (χ2v) is 1.15. The van der Waals surface area contributed by atoms with Gasteiger partial charge in [-0.15, -0.1) is 6.58 Å². The van der Waals surface area contributed by atoms with Gasteiger partial charge in [0.2, 0.25) is 0 Å². The van der Waals surface area contributed by atoms with E-state index in [-0.39, 0.29) is 5.92 Å². The summed E-state index contributed by atoms with van der Waals surface area (Å²) in [6, 6.07) is 0. The first-order valence-corrected chi connectivity index (χ1v) is 1.83. The molecule has 0 N–H and O–H groups in total. The van der Waals surface area contributed by atoms with Crippen molar-refractivity contribution >= 4 is 0 Å². The zero-order chi connectivity index (χ0) is 4.99. The fourth-order valence-electron chi connectivity index (χ4n) is 0.0630. The van der Waals surface area contributed by atoms with E-state index in [1.807, 2.05) is 0 Å². The van der Waals surface area contributed by atoms with Crippen LogP contribution in [0.3, 0.4) is 0 Å². The molecule has 0 aliphatic carbocycles. The molecule has 6 heavy (non-hydrogen) atoms. The van der Waals surface area contributed by atoms with Crippen LogP contribution in [0.4, 0.5) is 4.39 Å². The third kappa shape index (κ3) is 1.94. The molecule has 1 heteroatoms. The molecule has 0 heterocycles. The van der Waals surface area contributed by atoms with Crippen molar-refractivity contribution in [2.45, 2.75) is 0 Å². The summed E-state index contributed by atoms with van der Waals surface area (Å²) in [5, 5.41) is 0. The van der Waals surface area contributed by atoms with Crippen LogP contribution in [0, 0.1) is 12.8 Å². The van der Waals surface area contributed by atoms with E-state index in [1.165, 1.54) is 6.08 Å². The first kappa shape index (κ1) is 5.67. The highest BCUT2D eigenvalue weighted by Gasteiger charge is 1.88. The topological polar surface area (TPSA) is 0 Å². The largest absolute Gasteiger partial charge is 0.250 e. The summed E-state index contributed by atoms with van der Waals surface area (Å²) in [6.45, 7) is 6.31. The molecular formula is C5H8F. The van der Waals surface area contributed by atoms with Gasteiger partial charge in [0, 0.05) is 5.92 Å². The molecule has 0 fully saturated rings. The average molecular weight is 87.1 g/mol. The normalized spacial score (nSPS) is 13.7. The molecule has 0 rings (SSSR count). The fourth-order valence-corrected chi connectivity index (χ4v) is 0.0630. The van der Waals surface area contributed by atoms with E-state index in [0.717, 1.165) is 0 Å². The lowest BCUT2D eigenvalue weighted by Crippen LogP contribution is -1.88. The second-order valence-electron chi connectivity index (χ2n) is 1.15. The molecule has 0 nitrogen and oxygen atoms in total.